The topological polar surface area (TPSA) is 110 Å². The van der Waals surface area contributed by atoms with Gasteiger partial charge in [-0.15, -0.1) is 0 Å². The molecule has 1 aliphatic carbocycles. The lowest BCUT2D eigenvalue weighted by Gasteiger charge is -2.34. The van der Waals surface area contributed by atoms with Gasteiger partial charge < -0.3 is 20.0 Å². The molecule has 30 heavy (non-hydrogen) atoms. The minimum atomic E-state index is -0.403. The van der Waals surface area contributed by atoms with E-state index in [2.05, 4.69) is 15.3 Å². The van der Waals surface area contributed by atoms with Crippen LogP contribution in [0.5, 0.6) is 0 Å². The quantitative estimate of drug-likeness (QED) is 0.459. The van der Waals surface area contributed by atoms with Crippen LogP contribution in [0, 0.1) is 5.92 Å². The Bertz CT molecular complexity index is 1340. The summed E-state index contributed by atoms with van der Waals surface area (Å²) in [6.07, 6.45) is 1.73. The summed E-state index contributed by atoms with van der Waals surface area (Å²) in [5.74, 6) is 0.872. The van der Waals surface area contributed by atoms with Crippen molar-refractivity contribution in [1.82, 2.24) is 23.7 Å². The number of hydrogen-bond donors (Lipinski definition) is 3. The zero-order valence-corrected chi connectivity index (χ0v) is 16.9. The SMILES string of the molecule is Cn1c(NC2CC(CO)C2)nc2c1c(=O)n(Cc1cc3ccccc3[nH]1)c(=O)n2C. The number of aromatic amines is 1. The first kappa shape index (κ1) is 18.7. The smallest absolute Gasteiger partial charge is 0.332 e. The van der Waals surface area contributed by atoms with Crippen LogP contribution < -0.4 is 16.6 Å². The van der Waals surface area contributed by atoms with Crippen molar-refractivity contribution in [2.24, 2.45) is 20.0 Å². The van der Waals surface area contributed by atoms with Crippen LogP contribution in [0.1, 0.15) is 18.5 Å². The minimum absolute atomic E-state index is 0.158. The fourth-order valence-corrected chi connectivity index (χ4v) is 4.29. The highest BCUT2D eigenvalue weighted by atomic mass is 16.3. The van der Waals surface area contributed by atoms with E-state index < -0.39 is 5.69 Å². The van der Waals surface area contributed by atoms with E-state index in [0.29, 0.717) is 23.0 Å². The van der Waals surface area contributed by atoms with Gasteiger partial charge in [0.15, 0.2) is 11.2 Å². The standard InChI is InChI=1S/C21H24N6O3/c1-25-17-18(24-20(25)23-14-7-12(8-14)11-28)26(2)21(30)27(19(17)29)10-15-9-13-5-3-4-6-16(13)22-15/h3-6,9,12,14,22,28H,7-8,10-11H2,1-2H3,(H,23,24). The molecule has 0 aliphatic heterocycles. The number of imidazole rings is 1. The number of anilines is 1. The maximum absolute atomic E-state index is 13.2. The Kier molecular flexibility index (Phi) is 4.28. The second kappa shape index (κ2) is 6.88. The molecule has 0 bridgehead atoms. The van der Waals surface area contributed by atoms with Crippen LogP contribution in [0.4, 0.5) is 5.95 Å². The average Bonchev–Trinajstić information content (AvgIpc) is 3.26. The molecule has 5 rings (SSSR count). The number of fused-ring (bicyclic) bond motifs is 2. The molecule has 1 aliphatic rings. The molecular formula is C21H24N6O3. The number of para-hydroxylation sites is 1. The van der Waals surface area contributed by atoms with Gasteiger partial charge >= 0.3 is 5.69 Å². The van der Waals surface area contributed by atoms with E-state index in [1.807, 2.05) is 30.3 Å². The molecule has 4 aromatic rings. The zero-order chi connectivity index (χ0) is 21.0. The molecule has 3 heterocycles. The van der Waals surface area contributed by atoms with E-state index in [9.17, 15) is 14.7 Å². The number of aliphatic hydroxyl groups is 1. The summed E-state index contributed by atoms with van der Waals surface area (Å²) in [4.78, 5) is 34.0. The molecule has 0 amide bonds. The molecule has 0 saturated heterocycles. The molecule has 9 nitrogen and oxygen atoms in total. The first-order valence-electron chi connectivity index (χ1n) is 10.1. The van der Waals surface area contributed by atoms with E-state index in [4.69, 9.17) is 0 Å². The number of hydrogen-bond acceptors (Lipinski definition) is 5. The van der Waals surface area contributed by atoms with Gasteiger partial charge in [-0.2, -0.15) is 4.98 Å². The van der Waals surface area contributed by atoms with Crippen molar-refractivity contribution in [2.75, 3.05) is 11.9 Å². The van der Waals surface area contributed by atoms with Gasteiger partial charge in [0, 0.05) is 38.0 Å². The summed E-state index contributed by atoms with van der Waals surface area (Å²) in [6, 6.07) is 10.0. The van der Waals surface area contributed by atoms with E-state index in [1.54, 1.807) is 18.7 Å². The second-order valence-electron chi connectivity index (χ2n) is 8.14. The molecular weight excluding hydrogens is 384 g/mol. The monoisotopic (exact) mass is 408 g/mol. The second-order valence-corrected chi connectivity index (χ2v) is 8.14. The van der Waals surface area contributed by atoms with Gasteiger partial charge in [0.2, 0.25) is 5.95 Å². The van der Waals surface area contributed by atoms with E-state index in [1.165, 1.54) is 9.13 Å². The lowest BCUT2D eigenvalue weighted by atomic mass is 9.81. The lowest BCUT2D eigenvalue weighted by molar-refractivity contribution is 0.151. The number of H-pyrrole nitrogens is 1. The maximum Gasteiger partial charge on any atom is 0.332 e. The number of nitrogens with zero attached hydrogens (tertiary/aromatic N) is 4. The number of aliphatic hydroxyl groups excluding tert-OH is 1. The van der Waals surface area contributed by atoms with Crippen LogP contribution in [0.25, 0.3) is 22.1 Å². The molecule has 3 aromatic heterocycles. The van der Waals surface area contributed by atoms with Crippen LogP contribution in [0.15, 0.2) is 39.9 Å². The van der Waals surface area contributed by atoms with Gasteiger partial charge in [-0.25, -0.2) is 4.79 Å². The molecule has 9 heteroatoms. The Morgan fingerprint density at radius 3 is 2.70 bits per heavy atom. The largest absolute Gasteiger partial charge is 0.396 e. The highest BCUT2D eigenvalue weighted by Crippen LogP contribution is 2.29. The molecule has 1 aromatic carbocycles. The third kappa shape index (κ3) is 2.85. The summed E-state index contributed by atoms with van der Waals surface area (Å²) >= 11 is 0. The molecule has 1 fully saturated rings. The predicted octanol–water partition coefficient (Wildman–Crippen LogP) is 1.15. The Hall–Kier alpha value is -3.33. The van der Waals surface area contributed by atoms with Crippen LogP contribution >= 0.6 is 0 Å². The fourth-order valence-electron chi connectivity index (χ4n) is 4.29. The average molecular weight is 408 g/mol. The molecule has 0 atom stereocenters. The number of rotatable bonds is 5. The van der Waals surface area contributed by atoms with E-state index in [0.717, 1.165) is 29.4 Å². The van der Waals surface area contributed by atoms with Crippen molar-refractivity contribution < 1.29 is 5.11 Å². The van der Waals surface area contributed by atoms with Crippen LogP contribution in [-0.2, 0) is 20.6 Å². The third-order valence-corrected chi connectivity index (χ3v) is 6.10. The first-order valence-corrected chi connectivity index (χ1v) is 10.1. The first-order chi connectivity index (χ1) is 14.5. The Labute approximate surface area is 171 Å². The summed E-state index contributed by atoms with van der Waals surface area (Å²) in [5, 5.41) is 13.6. The molecule has 0 radical (unpaired) electrons. The number of aromatic nitrogens is 5. The van der Waals surface area contributed by atoms with Crippen LogP contribution in [-0.4, -0.2) is 41.4 Å². The number of aryl methyl sites for hydroxylation is 2. The summed E-state index contributed by atoms with van der Waals surface area (Å²) < 4.78 is 4.37. The van der Waals surface area contributed by atoms with E-state index >= 15 is 0 Å². The third-order valence-electron chi connectivity index (χ3n) is 6.10. The van der Waals surface area contributed by atoms with Gasteiger partial charge in [-0.3, -0.25) is 13.9 Å². The van der Waals surface area contributed by atoms with E-state index in [-0.39, 0.29) is 24.8 Å². The van der Waals surface area contributed by atoms with Gasteiger partial charge in [0.05, 0.1) is 6.54 Å². The molecule has 0 unspecified atom stereocenters. The molecule has 0 spiro atoms. The summed E-state index contributed by atoms with van der Waals surface area (Å²) in [5.41, 5.74) is 1.73. The van der Waals surface area contributed by atoms with Crippen LogP contribution in [0.2, 0.25) is 0 Å². The predicted molar refractivity (Wildman–Crippen MR) is 115 cm³/mol. The fraction of sp³-hybridized carbons (Fsp3) is 0.381. The highest BCUT2D eigenvalue weighted by molar-refractivity contribution is 5.80. The Balaban J connectivity index is 1.55. The van der Waals surface area contributed by atoms with Crippen molar-refractivity contribution in [3.63, 3.8) is 0 Å². The maximum atomic E-state index is 13.2. The van der Waals surface area contributed by atoms with Crippen molar-refractivity contribution in [3.05, 3.63) is 56.9 Å². The summed E-state index contributed by atoms with van der Waals surface area (Å²) in [6.45, 7) is 0.346. The van der Waals surface area contributed by atoms with Crippen molar-refractivity contribution >= 4 is 28.0 Å². The molecule has 1 saturated carbocycles. The van der Waals surface area contributed by atoms with Crippen LogP contribution in [0.3, 0.4) is 0 Å². The zero-order valence-electron chi connectivity index (χ0n) is 16.9. The minimum Gasteiger partial charge on any atom is -0.396 e. The van der Waals surface area contributed by atoms with Gasteiger partial charge in [-0.05, 0) is 36.3 Å². The molecule has 3 N–H and O–H groups in total. The van der Waals surface area contributed by atoms with Crippen molar-refractivity contribution in [2.45, 2.75) is 25.4 Å². The Morgan fingerprint density at radius 2 is 1.97 bits per heavy atom. The Morgan fingerprint density at radius 1 is 1.20 bits per heavy atom. The van der Waals surface area contributed by atoms with Gasteiger partial charge in [0.1, 0.15) is 0 Å². The molecule has 156 valence electrons. The van der Waals surface area contributed by atoms with Gasteiger partial charge in [0.25, 0.3) is 5.56 Å². The van der Waals surface area contributed by atoms with Crippen molar-refractivity contribution in [3.8, 4) is 0 Å². The highest BCUT2D eigenvalue weighted by Gasteiger charge is 2.30. The normalized spacial score (nSPS) is 18.8. The van der Waals surface area contributed by atoms with Gasteiger partial charge in [-0.1, -0.05) is 18.2 Å². The lowest BCUT2D eigenvalue weighted by Crippen LogP contribution is -2.40. The number of benzene rings is 1. The summed E-state index contributed by atoms with van der Waals surface area (Å²) in [7, 11) is 3.41. The number of nitrogens with one attached hydrogen (secondary N) is 2. The van der Waals surface area contributed by atoms with Crippen molar-refractivity contribution in [1.29, 1.82) is 0 Å².